The highest BCUT2D eigenvalue weighted by Gasteiger charge is 2.23. The number of methoxy groups -OCH3 is 2. The van der Waals surface area contributed by atoms with E-state index in [4.69, 9.17) is 10.5 Å². The Bertz CT molecular complexity index is 334. The third kappa shape index (κ3) is 3.51. The SMILES string of the molecule is COC(=O)CCCC1C=CC(OC)=C(N)C1C. The van der Waals surface area contributed by atoms with Crippen molar-refractivity contribution in [1.29, 1.82) is 0 Å². The van der Waals surface area contributed by atoms with Crippen molar-refractivity contribution in [2.75, 3.05) is 14.2 Å². The van der Waals surface area contributed by atoms with Crippen molar-refractivity contribution >= 4 is 5.97 Å². The maximum Gasteiger partial charge on any atom is 0.305 e. The Labute approximate surface area is 102 Å². The number of allylic oxidation sites excluding steroid dienone is 3. The third-order valence-electron chi connectivity index (χ3n) is 3.28. The van der Waals surface area contributed by atoms with Gasteiger partial charge in [-0.15, -0.1) is 0 Å². The first kappa shape index (κ1) is 13.6. The van der Waals surface area contributed by atoms with Crippen LogP contribution >= 0.6 is 0 Å². The molecule has 0 saturated heterocycles. The lowest BCUT2D eigenvalue weighted by Crippen LogP contribution is -2.23. The zero-order valence-corrected chi connectivity index (χ0v) is 10.7. The van der Waals surface area contributed by atoms with Crippen molar-refractivity contribution in [2.45, 2.75) is 26.2 Å². The van der Waals surface area contributed by atoms with Gasteiger partial charge in [0.1, 0.15) is 5.76 Å². The lowest BCUT2D eigenvalue weighted by molar-refractivity contribution is -0.140. The molecule has 0 aromatic carbocycles. The molecule has 4 nitrogen and oxygen atoms in total. The molecule has 0 radical (unpaired) electrons. The van der Waals surface area contributed by atoms with Gasteiger partial charge < -0.3 is 15.2 Å². The Balaban J connectivity index is 2.46. The molecule has 0 bridgehead atoms. The van der Waals surface area contributed by atoms with E-state index in [1.165, 1.54) is 7.11 Å². The smallest absolute Gasteiger partial charge is 0.305 e. The van der Waals surface area contributed by atoms with E-state index >= 15 is 0 Å². The lowest BCUT2D eigenvalue weighted by atomic mass is 9.83. The van der Waals surface area contributed by atoms with E-state index in [2.05, 4.69) is 17.7 Å². The summed E-state index contributed by atoms with van der Waals surface area (Å²) in [4.78, 5) is 11.0. The summed E-state index contributed by atoms with van der Waals surface area (Å²) in [7, 11) is 3.04. The molecule has 1 aliphatic rings. The zero-order chi connectivity index (χ0) is 12.8. The van der Waals surface area contributed by atoms with Gasteiger partial charge in [-0.05, 0) is 24.8 Å². The number of esters is 1. The van der Waals surface area contributed by atoms with Crippen molar-refractivity contribution in [3.8, 4) is 0 Å². The van der Waals surface area contributed by atoms with E-state index < -0.39 is 0 Å². The normalized spacial score (nSPS) is 23.7. The lowest BCUT2D eigenvalue weighted by Gasteiger charge is -2.26. The molecule has 0 aromatic heterocycles. The molecule has 0 heterocycles. The Morgan fingerprint density at radius 1 is 1.47 bits per heavy atom. The van der Waals surface area contributed by atoms with Gasteiger partial charge in [-0.3, -0.25) is 4.79 Å². The fraction of sp³-hybridized carbons (Fsp3) is 0.615. The van der Waals surface area contributed by atoms with Gasteiger partial charge in [0.15, 0.2) is 0 Å². The first-order valence-electron chi connectivity index (χ1n) is 5.88. The maximum absolute atomic E-state index is 11.0. The van der Waals surface area contributed by atoms with Crippen molar-refractivity contribution in [1.82, 2.24) is 0 Å². The Hall–Kier alpha value is -1.45. The standard InChI is InChI=1S/C13H21NO3/c1-9-10(5-4-6-12(15)17-3)7-8-11(16-2)13(9)14/h7-10H,4-6,14H2,1-3H3. The van der Waals surface area contributed by atoms with Crippen LogP contribution in [0, 0.1) is 11.8 Å². The van der Waals surface area contributed by atoms with Gasteiger partial charge in [0.2, 0.25) is 0 Å². The second-order valence-electron chi connectivity index (χ2n) is 4.30. The predicted octanol–water partition coefficient (Wildman–Crippen LogP) is 1.97. The molecule has 2 atom stereocenters. The molecule has 0 aromatic rings. The fourth-order valence-electron chi connectivity index (χ4n) is 2.05. The Morgan fingerprint density at radius 3 is 2.76 bits per heavy atom. The molecule has 4 heteroatoms. The first-order valence-corrected chi connectivity index (χ1v) is 5.88. The summed E-state index contributed by atoms with van der Waals surface area (Å²) in [5, 5.41) is 0. The molecule has 2 N–H and O–H groups in total. The molecular formula is C13H21NO3. The summed E-state index contributed by atoms with van der Waals surface area (Å²) >= 11 is 0. The highest BCUT2D eigenvalue weighted by atomic mass is 16.5. The number of ether oxygens (including phenoxy) is 2. The van der Waals surface area contributed by atoms with Gasteiger partial charge in [-0.2, -0.15) is 0 Å². The van der Waals surface area contributed by atoms with Crippen LogP contribution in [-0.4, -0.2) is 20.2 Å². The van der Waals surface area contributed by atoms with Crippen LogP contribution in [0.4, 0.5) is 0 Å². The minimum absolute atomic E-state index is 0.154. The van der Waals surface area contributed by atoms with Crippen LogP contribution in [0.2, 0.25) is 0 Å². The molecule has 96 valence electrons. The third-order valence-corrected chi connectivity index (χ3v) is 3.28. The van der Waals surface area contributed by atoms with Gasteiger partial charge in [0.25, 0.3) is 0 Å². The van der Waals surface area contributed by atoms with Crippen LogP contribution in [0.25, 0.3) is 0 Å². The summed E-state index contributed by atoms with van der Waals surface area (Å²) in [6.07, 6.45) is 6.25. The van der Waals surface area contributed by atoms with Crippen LogP contribution < -0.4 is 5.73 Å². The molecule has 1 aliphatic carbocycles. The number of rotatable bonds is 5. The van der Waals surface area contributed by atoms with Gasteiger partial charge >= 0.3 is 5.97 Å². The highest BCUT2D eigenvalue weighted by molar-refractivity contribution is 5.68. The van der Waals surface area contributed by atoms with E-state index in [0.717, 1.165) is 24.3 Å². The van der Waals surface area contributed by atoms with Gasteiger partial charge in [-0.25, -0.2) is 0 Å². The zero-order valence-electron chi connectivity index (χ0n) is 10.7. The molecule has 0 aliphatic heterocycles. The molecule has 17 heavy (non-hydrogen) atoms. The molecule has 1 rings (SSSR count). The van der Waals surface area contributed by atoms with Crippen molar-refractivity contribution in [3.63, 3.8) is 0 Å². The quantitative estimate of drug-likeness (QED) is 0.745. The summed E-state index contributed by atoms with van der Waals surface area (Å²) in [5.41, 5.74) is 6.78. The van der Waals surface area contributed by atoms with Gasteiger partial charge in [0.05, 0.1) is 19.9 Å². The maximum atomic E-state index is 11.0. The first-order chi connectivity index (χ1) is 8.10. The topological polar surface area (TPSA) is 61.5 Å². The van der Waals surface area contributed by atoms with Crippen molar-refractivity contribution < 1.29 is 14.3 Å². The number of hydrogen-bond donors (Lipinski definition) is 1. The molecular weight excluding hydrogens is 218 g/mol. The van der Waals surface area contributed by atoms with Crippen molar-refractivity contribution in [3.05, 3.63) is 23.6 Å². The van der Waals surface area contributed by atoms with E-state index in [-0.39, 0.29) is 11.9 Å². The average Bonchev–Trinajstić information content (AvgIpc) is 2.34. The summed E-state index contributed by atoms with van der Waals surface area (Å²) < 4.78 is 9.79. The van der Waals surface area contributed by atoms with Crippen LogP contribution in [-0.2, 0) is 14.3 Å². The monoisotopic (exact) mass is 239 g/mol. The largest absolute Gasteiger partial charge is 0.495 e. The summed E-state index contributed by atoms with van der Waals surface area (Å²) in [6.45, 7) is 2.08. The minimum atomic E-state index is -0.154. The Kier molecular flexibility index (Phi) is 5.07. The van der Waals surface area contributed by atoms with E-state index in [9.17, 15) is 4.79 Å². The van der Waals surface area contributed by atoms with Crippen LogP contribution in [0.15, 0.2) is 23.6 Å². The van der Waals surface area contributed by atoms with Gasteiger partial charge in [0, 0.05) is 12.3 Å². The highest BCUT2D eigenvalue weighted by Crippen LogP contribution is 2.30. The van der Waals surface area contributed by atoms with E-state index in [0.29, 0.717) is 12.3 Å². The summed E-state index contributed by atoms with van der Waals surface area (Å²) in [6, 6.07) is 0. The van der Waals surface area contributed by atoms with Crippen LogP contribution in [0.5, 0.6) is 0 Å². The Morgan fingerprint density at radius 2 is 2.18 bits per heavy atom. The second kappa shape index (κ2) is 6.33. The molecule has 0 spiro atoms. The van der Waals surface area contributed by atoms with Crippen molar-refractivity contribution in [2.24, 2.45) is 17.6 Å². The molecule has 2 unspecified atom stereocenters. The second-order valence-corrected chi connectivity index (χ2v) is 4.30. The summed E-state index contributed by atoms with van der Waals surface area (Å²) in [5.74, 6) is 1.23. The van der Waals surface area contributed by atoms with E-state index in [1.54, 1.807) is 7.11 Å². The minimum Gasteiger partial charge on any atom is -0.495 e. The van der Waals surface area contributed by atoms with Gasteiger partial charge in [-0.1, -0.05) is 13.0 Å². The number of nitrogens with two attached hydrogens (primary N) is 1. The molecule has 0 fully saturated rings. The number of hydrogen-bond acceptors (Lipinski definition) is 4. The predicted molar refractivity (Wildman–Crippen MR) is 65.9 cm³/mol. The van der Waals surface area contributed by atoms with Crippen LogP contribution in [0.1, 0.15) is 26.2 Å². The molecule has 0 saturated carbocycles. The van der Waals surface area contributed by atoms with E-state index in [1.807, 2.05) is 6.08 Å². The molecule has 0 amide bonds. The van der Waals surface area contributed by atoms with Crippen LogP contribution in [0.3, 0.4) is 0 Å². The average molecular weight is 239 g/mol. The number of carbonyl (C=O) groups is 1. The number of carbonyl (C=O) groups excluding carboxylic acids is 1. The fourth-order valence-corrected chi connectivity index (χ4v) is 2.05.